The number of aryl methyl sites for hydroxylation is 1. The van der Waals surface area contributed by atoms with Gasteiger partial charge in [0.1, 0.15) is 5.52 Å². The molecule has 0 spiro atoms. The van der Waals surface area contributed by atoms with Gasteiger partial charge in [0.2, 0.25) is 0 Å². The molecule has 0 saturated carbocycles. The molecule has 4 heteroatoms. The topological polar surface area (TPSA) is 17.8 Å². The van der Waals surface area contributed by atoms with Crippen LogP contribution in [0.25, 0.3) is 11.0 Å². The van der Waals surface area contributed by atoms with Gasteiger partial charge in [-0.1, -0.05) is 0 Å². The Morgan fingerprint density at radius 1 is 1.33 bits per heavy atom. The average Bonchev–Trinajstić information content (AvgIpc) is 2.41. The van der Waals surface area contributed by atoms with E-state index in [0.29, 0.717) is 5.52 Å². The Balaban J connectivity index is 2.93. The van der Waals surface area contributed by atoms with Crippen molar-refractivity contribution >= 4 is 11.0 Å². The molecule has 0 atom stereocenters. The Bertz CT molecular complexity index is 434. The largest absolute Gasteiger partial charge is 0.334 e. The average molecular weight is 168 g/mol. The van der Waals surface area contributed by atoms with E-state index in [1.165, 1.54) is 12.4 Å². The van der Waals surface area contributed by atoms with Gasteiger partial charge in [0, 0.05) is 7.05 Å². The predicted octanol–water partition coefficient (Wildman–Crippen LogP) is 1.85. The molecule has 0 radical (unpaired) electrons. The second kappa shape index (κ2) is 2.27. The number of benzene rings is 1. The lowest BCUT2D eigenvalue weighted by molar-refractivity contribution is 0.515. The first-order chi connectivity index (χ1) is 5.70. The number of hydrogen-bond acceptors (Lipinski definition) is 1. The highest BCUT2D eigenvalue weighted by Gasteiger charge is 2.09. The van der Waals surface area contributed by atoms with Gasteiger partial charge in [0.15, 0.2) is 11.6 Å². The first kappa shape index (κ1) is 7.21. The molecule has 0 fully saturated rings. The Labute approximate surface area is 67.4 Å². The molecule has 1 aromatic heterocycles. The zero-order valence-electron chi connectivity index (χ0n) is 6.38. The zero-order chi connectivity index (χ0) is 8.72. The van der Waals surface area contributed by atoms with E-state index in [2.05, 4.69) is 4.98 Å². The standard InChI is InChI=1S/C8H6F2N2/c1-12-4-11-8-6(12)3-2-5(9)7(8)10/h2-4H,1H3. The molecule has 0 saturated heterocycles. The minimum atomic E-state index is -0.881. The van der Waals surface area contributed by atoms with E-state index >= 15 is 0 Å². The lowest BCUT2D eigenvalue weighted by Gasteiger charge is -1.94. The van der Waals surface area contributed by atoms with Gasteiger partial charge < -0.3 is 4.57 Å². The summed E-state index contributed by atoms with van der Waals surface area (Å²) in [6, 6.07) is 2.60. The molecule has 0 aliphatic heterocycles. The minimum absolute atomic E-state index is 0.0810. The van der Waals surface area contributed by atoms with Crippen LogP contribution in [0.5, 0.6) is 0 Å². The lowest BCUT2D eigenvalue weighted by atomic mass is 10.3. The van der Waals surface area contributed by atoms with Gasteiger partial charge in [-0.25, -0.2) is 13.8 Å². The number of halogens is 2. The molecule has 2 rings (SSSR count). The molecule has 0 amide bonds. The summed E-state index contributed by atoms with van der Waals surface area (Å²) in [5.41, 5.74) is 0.673. The zero-order valence-corrected chi connectivity index (χ0v) is 6.38. The predicted molar refractivity (Wildman–Crippen MR) is 40.6 cm³/mol. The van der Waals surface area contributed by atoms with Crippen LogP contribution in [0.2, 0.25) is 0 Å². The number of fused-ring (bicyclic) bond motifs is 1. The molecular formula is C8H6F2N2. The molecular weight excluding hydrogens is 162 g/mol. The number of imidazole rings is 1. The van der Waals surface area contributed by atoms with Gasteiger partial charge in [-0.3, -0.25) is 0 Å². The first-order valence-electron chi connectivity index (χ1n) is 3.45. The fourth-order valence-electron chi connectivity index (χ4n) is 1.14. The second-order valence-electron chi connectivity index (χ2n) is 2.58. The number of nitrogens with zero attached hydrogens (tertiary/aromatic N) is 2. The first-order valence-corrected chi connectivity index (χ1v) is 3.45. The summed E-state index contributed by atoms with van der Waals surface area (Å²) in [5, 5.41) is 0. The van der Waals surface area contributed by atoms with E-state index in [4.69, 9.17) is 0 Å². The van der Waals surface area contributed by atoms with Crippen LogP contribution in [-0.4, -0.2) is 9.55 Å². The van der Waals surface area contributed by atoms with Crippen LogP contribution in [0.4, 0.5) is 8.78 Å². The molecule has 12 heavy (non-hydrogen) atoms. The molecule has 0 N–H and O–H groups in total. The van der Waals surface area contributed by atoms with Crippen molar-refractivity contribution in [3.05, 3.63) is 30.1 Å². The van der Waals surface area contributed by atoms with Gasteiger partial charge in [0.05, 0.1) is 11.8 Å². The monoisotopic (exact) mass is 168 g/mol. The minimum Gasteiger partial charge on any atom is -0.334 e. The molecule has 0 bridgehead atoms. The van der Waals surface area contributed by atoms with Gasteiger partial charge in [-0.2, -0.15) is 0 Å². The lowest BCUT2D eigenvalue weighted by Crippen LogP contribution is -1.87. The van der Waals surface area contributed by atoms with Gasteiger partial charge in [-0.15, -0.1) is 0 Å². The van der Waals surface area contributed by atoms with Crippen LogP contribution in [0.1, 0.15) is 0 Å². The molecule has 0 unspecified atom stereocenters. The normalized spacial score (nSPS) is 10.9. The maximum Gasteiger partial charge on any atom is 0.186 e. The van der Waals surface area contributed by atoms with E-state index in [1.807, 2.05) is 0 Å². The quantitative estimate of drug-likeness (QED) is 0.587. The Kier molecular flexibility index (Phi) is 1.36. The highest BCUT2D eigenvalue weighted by atomic mass is 19.2. The van der Waals surface area contributed by atoms with Crippen molar-refractivity contribution in [1.82, 2.24) is 9.55 Å². The Morgan fingerprint density at radius 3 is 2.83 bits per heavy atom. The molecule has 1 aromatic carbocycles. The molecule has 0 aliphatic rings. The third-order valence-corrected chi connectivity index (χ3v) is 1.79. The Hall–Kier alpha value is -1.45. The van der Waals surface area contributed by atoms with Crippen LogP contribution < -0.4 is 0 Å². The summed E-state index contributed by atoms with van der Waals surface area (Å²) in [5.74, 6) is -1.74. The molecule has 62 valence electrons. The second-order valence-corrected chi connectivity index (χ2v) is 2.58. The molecule has 2 aromatic rings. The van der Waals surface area contributed by atoms with E-state index < -0.39 is 11.6 Å². The van der Waals surface area contributed by atoms with Crippen molar-refractivity contribution in [1.29, 1.82) is 0 Å². The third kappa shape index (κ3) is 0.809. The number of rotatable bonds is 0. The molecule has 2 nitrogen and oxygen atoms in total. The maximum atomic E-state index is 13.0. The van der Waals surface area contributed by atoms with Crippen LogP contribution in [0.15, 0.2) is 18.5 Å². The van der Waals surface area contributed by atoms with E-state index in [0.717, 1.165) is 6.07 Å². The highest BCUT2D eigenvalue weighted by Crippen LogP contribution is 2.17. The van der Waals surface area contributed by atoms with E-state index in [9.17, 15) is 8.78 Å². The van der Waals surface area contributed by atoms with E-state index in [-0.39, 0.29) is 5.52 Å². The van der Waals surface area contributed by atoms with Crippen molar-refractivity contribution in [3.8, 4) is 0 Å². The van der Waals surface area contributed by atoms with Crippen LogP contribution in [0, 0.1) is 11.6 Å². The maximum absolute atomic E-state index is 13.0. The van der Waals surface area contributed by atoms with Crippen LogP contribution in [0.3, 0.4) is 0 Å². The van der Waals surface area contributed by atoms with Crippen LogP contribution >= 0.6 is 0 Å². The SMILES string of the molecule is Cn1cnc2c(F)c(F)ccc21. The summed E-state index contributed by atoms with van der Waals surface area (Å²) in [6.45, 7) is 0. The van der Waals surface area contributed by atoms with Crippen molar-refractivity contribution in [2.75, 3.05) is 0 Å². The van der Waals surface area contributed by atoms with Crippen molar-refractivity contribution < 1.29 is 8.78 Å². The van der Waals surface area contributed by atoms with Gasteiger partial charge >= 0.3 is 0 Å². The summed E-state index contributed by atoms with van der Waals surface area (Å²) >= 11 is 0. The highest BCUT2D eigenvalue weighted by molar-refractivity contribution is 5.75. The smallest absolute Gasteiger partial charge is 0.186 e. The van der Waals surface area contributed by atoms with E-state index in [1.54, 1.807) is 11.6 Å². The van der Waals surface area contributed by atoms with Gasteiger partial charge in [-0.05, 0) is 12.1 Å². The fourth-order valence-corrected chi connectivity index (χ4v) is 1.14. The fraction of sp³-hybridized carbons (Fsp3) is 0.125. The summed E-state index contributed by atoms with van der Waals surface area (Å²) < 4.78 is 27.2. The molecule has 0 aliphatic carbocycles. The van der Waals surface area contributed by atoms with Crippen molar-refractivity contribution in [2.45, 2.75) is 0 Å². The summed E-state index contributed by atoms with van der Waals surface area (Å²) in [7, 11) is 1.73. The van der Waals surface area contributed by atoms with Gasteiger partial charge in [0.25, 0.3) is 0 Å². The summed E-state index contributed by atoms with van der Waals surface area (Å²) in [6.07, 6.45) is 1.45. The van der Waals surface area contributed by atoms with Crippen molar-refractivity contribution in [3.63, 3.8) is 0 Å². The van der Waals surface area contributed by atoms with Crippen LogP contribution in [-0.2, 0) is 7.05 Å². The number of aromatic nitrogens is 2. The molecule has 1 heterocycles. The number of hydrogen-bond donors (Lipinski definition) is 0. The Morgan fingerprint density at radius 2 is 2.08 bits per heavy atom. The van der Waals surface area contributed by atoms with Crippen molar-refractivity contribution in [2.24, 2.45) is 7.05 Å². The third-order valence-electron chi connectivity index (χ3n) is 1.79. The summed E-state index contributed by atoms with van der Waals surface area (Å²) in [4.78, 5) is 3.73.